The summed E-state index contributed by atoms with van der Waals surface area (Å²) in [6.45, 7) is 2.78. The standard InChI is InChI=1S/C15H17NO4/c1-2-19-12-6-3-5-11(9-12)14(15(17)18)16-10-13-7-4-8-20-13/h3-9,14,16H,2,10H2,1H3,(H,17,18). The lowest BCUT2D eigenvalue weighted by Crippen LogP contribution is -2.28. The van der Waals surface area contributed by atoms with Crippen LogP contribution in [0.1, 0.15) is 24.3 Å². The summed E-state index contributed by atoms with van der Waals surface area (Å²) >= 11 is 0. The molecule has 2 N–H and O–H groups in total. The van der Waals surface area contributed by atoms with Crippen molar-refractivity contribution in [3.63, 3.8) is 0 Å². The van der Waals surface area contributed by atoms with Crippen LogP contribution in [-0.4, -0.2) is 17.7 Å². The average molecular weight is 275 g/mol. The van der Waals surface area contributed by atoms with Crippen LogP contribution in [0.3, 0.4) is 0 Å². The molecule has 106 valence electrons. The van der Waals surface area contributed by atoms with E-state index in [0.717, 1.165) is 0 Å². The molecule has 0 spiro atoms. The first-order valence-electron chi connectivity index (χ1n) is 6.42. The van der Waals surface area contributed by atoms with Gasteiger partial charge in [-0.15, -0.1) is 0 Å². The normalized spacial score (nSPS) is 12.1. The first-order valence-corrected chi connectivity index (χ1v) is 6.42. The summed E-state index contributed by atoms with van der Waals surface area (Å²) in [5.74, 6) is 0.415. The van der Waals surface area contributed by atoms with Gasteiger partial charge >= 0.3 is 5.97 Å². The second kappa shape index (κ2) is 6.77. The number of furan rings is 1. The Morgan fingerprint density at radius 2 is 2.25 bits per heavy atom. The quantitative estimate of drug-likeness (QED) is 0.812. The topological polar surface area (TPSA) is 71.7 Å². The van der Waals surface area contributed by atoms with Gasteiger partial charge in [-0.05, 0) is 36.8 Å². The van der Waals surface area contributed by atoms with Gasteiger partial charge in [0.05, 0.1) is 19.4 Å². The third-order valence-electron chi connectivity index (χ3n) is 2.81. The summed E-state index contributed by atoms with van der Waals surface area (Å²) in [6, 6.07) is 9.84. The van der Waals surface area contributed by atoms with E-state index in [1.807, 2.05) is 6.92 Å². The summed E-state index contributed by atoms with van der Waals surface area (Å²) in [5.41, 5.74) is 0.648. The van der Waals surface area contributed by atoms with E-state index < -0.39 is 12.0 Å². The molecule has 2 aromatic rings. The number of benzene rings is 1. The van der Waals surface area contributed by atoms with Gasteiger partial charge in [0.2, 0.25) is 0 Å². The Morgan fingerprint density at radius 3 is 2.90 bits per heavy atom. The Labute approximate surface area is 117 Å². The van der Waals surface area contributed by atoms with Gasteiger partial charge in [0.15, 0.2) is 0 Å². The summed E-state index contributed by atoms with van der Waals surface area (Å²) in [6.07, 6.45) is 1.56. The van der Waals surface area contributed by atoms with E-state index in [1.165, 1.54) is 0 Å². The molecule has 1 unspecified atom stereocenters. The molecule has 5 nitrogen and oxygen atoms in total. The Balaban J connectivity index is 2.11. The van der Waals surface area contributed by atoms with E-state index >= 15 is 0 Å². The monoisotopic (exact) mass is 275 g/mol. The largest absolute Gasteiger partial charge is 0.494 e. The number of ether oxygens (including phenoxy) is 1. The number of carbonyl (C=O) groups is 1. The van der Waals surface area contributed by atoms with Gasteiger partial charge in [-0.3, -0.25) is 10.1 Å². The van der Waals surface area contributed by atoms with E-state index in [1.54, 1.807) is 42.7 Å². The third kappa shape index (κ3) is 3.61. The molecule has 0 aliphatic carbocycles. The highest BCUT2D eigenvalue weighted by Gasteiger charge is 2.20. The van der Waals surface area contributed by atoms with Crippen molar-refractivity contribution in [1.82, 2.24) is 5.32 Å². The van der Waals surface area contributed by atoms with Gasteiger partial charge in [0, 0.05) is 0 Å². The van der Waals surface area contributed by atoms with Crippen molar-refractivity contribution >= 4 is 5.97 Å². The highest BCUT2D eigenvalue weighted by atomic mass is 16.5. The Kier molecular flexibility index (Phi) is 4.79. The molecule has 0 bridgehead atoms. The molecule has 0 saturated heterocycles. The van der Waals surface area contributed by atoms with Gasteiger partial charge in [0.25, 0.3) is 0 Å². The fourth-order valence-corrected chi connectivity index (χ4v) is 1.91. The van der Waals surface area contributed by atoms with Crippen LogP contribution in [0.2, 0.25) is 0 Å². The second-order valence-corrected chi connectivity index (χ2v) is 4.24. The number of carboxylic acid groups (broad SMARTS) is 1. The van der Waals surface area contributed by atoms with Crippen LogP contribution in [0.15, 0.2) is 47.1 Å². The molecule has 1 aromatic heterocycles. The lowest BCUT2D eigenvalue weighted by Gasteiger charge is -2.15. The zero-order chi connectivity index (χ0) is 14.4. The van der Waals surface area contributed by atoms with Crippen molar-refractivity contribution in [2.45, 2.75) is 19.5 Å². The Hall–Kier alpha value is -2.27. The SMILES string of the molecule is CCOc1cccc(C(NCc2ccco2)C(=O)O)c1. The molecule has 0 amide bonds. The fourth-order valence-electron chi connectivity index (χ4n) is 1.91. The van der Waals surface area contributed by atoms with Crippen LogP contribution in [0.4, 0.5) is 0 Å². The minimum atomic E-state index is -0.940. The zero-order valence-corrected chi connectivity index (χ0v) is 11.2. The Bertz CT molecular complexity index is 551. The molecule has 0 aliphatic heterocycles. The maximum absolute atomic E-state index is 11.4. The third-order valence-corrected chi connectivity index (χ3v) is 2.81. The number of nitrogens with one attached hydrogen (secondary N) is 1. The van der Waals surface area contributed by atoms with Crippen LogP contribution in [0.5, 0.6) is 5.75 Å². The number of hydrogen-bond acceptors (Lipinski definition) is 4. The summed E-state index contributed by atoms with van der Waals surface area (Å²) in [5, 5.41) is 12.3. The van der Waals surface area contributed by atoms with E-state index in [0.29, 0.717) is 30.2 Å². The number of aliphatic carboxylic acids is 1. The molecule has 2 rings (SSSR count). The van der Waals surface area contributed by atoms with E-state index in [2.05, 4.69) is 5.32 Å². The second-order valence-electron chi connectivity index (χ2n) is 4.24. The lowest BCUT2D eigenvalue weighted by molar-refractivity contribution is -0.139. The van der Waals surface area contributed by atoms with Gasteiger partial charge in [0.1, 0.15) is 17.6 Å². The lowest BCUT2D eigenvalue weighted by atomic mass is 10.1. The highest BCUT2D eigenvalue weighted by Crippen LogP contribution is 2.20. The van der Waals surface area contributed by atoms with Crippen molar-refractivity contribution in [1.29, 1.82) is 0 Å². The summed E-state index contributed by atoms with van der Waals surface area (Å²) in [7, 11) is 0. The minimum absolute atomic E-state index is 0.350. The van der Waals surface area contributed by atoms with Crippen molar-refractivity contribution in [3.05, 3.63) is 54.0 Å². The molecule has 0 fully saturated rings. The van der Waals surface area contributed by atoms with Crippen LogP contribution in [0, 0.1) is 0 Å². The first-order chi connectivity index (χ1) is 9.70. The van der Waals surface area contributed by atoms with Crippen LogP contribution >= 0.6 is 0 Å². The van der Waals surface area contributed by atoms with Gasteiger partial charge in [-0.25, -0.2) is 0 Å². The van der Waals surface area contributed by atoms with Gasteiger partial charge in [-0.1, -0.05) is 12.1 Å². The number of hydrogen-bond donors (Lipinski definition) is 2. The maximum Gasteiger partial charge on any atom is 0.325 e. The number of carboxylic acids is 1. The first kappa shape index (κ1) is 14.1. The predicted octanol–water partition coefficient (Wildman–Crippen LogP) is 2.59. The molecule has 1 atom stereocenters. The van der Waals surface area contributed by atoms with Crippen molar-refractivity contribution in [3.8, 4) is 5.75 Å². The van der Waals surface area contributed by atoms with Crippen molar-refractivity contribution in [2.75, 3.05) is 6.61 Å². The van der Waals surface area contributed by atoms with Gasteiger partial charge in [-0.2, -0.15) is 0 Å². The van der Waals surface area contributed by atoms with E-state index in [-0.39, 0.29) is 0 Å². The zero-order valence-electron chi connectivity index (χ0n) is 11.2. The summed E-state index contributed by atoms with van der Waals surface area (Å²) in [4.78, 5) is 11.4. The Morgan fingerprint density at radius 1 is 1.40 bits per heavy atom. The fraction of sp³-hybridized carbons (Fsp3) is 0.267. The van der Waals surface area contributed by atoms with Gasteiger partial charge < -0.3 is 14.3 Å². The molecule has 0 aliphatic rings. The smallest absolute Gasteiger partial charge is 0.325 e. The molecule has 0 radical (unpaired) electrons. The molecular formula is C15H17NO4. The molecule has 20 heavy (non-hydrogen) atoms. The molecule has 1 aromatic carbocycles. The molecule has 5 heteroatoms. The van der Waals surface area contributed by atoms with Crippen molar-refractivity contribution in [2.24, 2.45) is 0 Å². The van der Waals surface area contributed by atoms with Crippen molar-refractivity contribution < 1.29 is 19.1 Å². The average Bonchev–Trinajstić information content (AvgIpc) is 2.93. The maximum atomic E-state index is 11.4. The molecule has 0 saturated carbocycles. The number of rotatable bonds is 7. The van der Waals surface area contributed by atoms with Crippen LogP contribution in [0.25, 0.3) is 0 Å². The molecule has 1 heterocycles. The summed E-state index contributed by atoms with van der Waals surface area (Å²) < 4.78 is 10.6. The molecular weight excluding hydrogens is 258 g/mol. The van der Waals surface area contributed by atoms with Crippen LogP contribution in [-0.2, 0) is 11.3 Å². The highest BCUT2D eigenvalue weighted by molar-refractivity contribution is 5.75. The van der Waals surface area contributed by atoms with Crippen LogP contribution < -0.4 is 10.1 Å². The minimum Gasteiger partial charge on any atom is -0.494 e. The predicted molar refractivity (Wildman–Crippen MR) is 73.5 cm³/mol. The van der Waals surface area contributed by atoms with E-state index in [9.17, 15) is 9.90 Å². The van der Waals surface area contributed by atoms with E-state index in [4.69, 9.17) is 9.15 Å².